The summed E-state index contributed by atoms with van der Waals surface area (Å²) in [5, 5.41) is 3.22. The summed E-state index contributed by atoms with van der Waals surface area (Å²) in [7, 11) is 0. The van der Waals surface area contributed by atoms with Crippen molar-refractivity contribution in [3.05, 3.63) is 23.4 Å². The van der Waals surface area contributed by atoms with Gasteiger partial charge >= 0.3 is 0 Å². The van der Waals surface area contributed by atoms with Crippen LogP contribution in [0.4, 0.5) is 5.82 Å². The molecule has 0 radical (unpaired) electrons. The molecule has 0 saturated heterocycles. The van der Waals surface area contributed by atoms with Crippen molar-refractivity contribution >= 4 is 23.3 Å². The van der Waals surface area contributed by atoms with Gasteiger partial charge in [0.05, 0.1) is 5.02 Å². The van der Waals surface area contributed by atoms with Crippen LogP contribution >= 0.6 is 11.6 Å². The zero-order chi connectivity index (χ0) is 9.97. The molecule has 14 heavy (non-hydrogen) atoms. The Morgan fingerprint density at radius 3 is 2.93 bits per heavy atom. The predicted octanol–water partition coefficient (Wildman–Crippen LogP) is 2.47. The van der Waals surface area contributed by atoms with E-state index in [1.54, 1.807) is 18.3 Å². The molecule has 1 aromatic heterocycles. The van der Waals surface area contributed by atoms with E-state index in [4.69, 9.17) is 11.6 Å². The topological polar surface area (TPSA) is 42.0 Å². The number of halogens is 1. The molecule has 1 aliphatic rings. The van der Waals surface area contributed by atoms with Crippen molar-refractivity contribution in [2.24, 2.45) is 5.92 Å². The van der Waals surface area contributed by atoms with Crippen LogP contribution in [0, 0.1) is 5.92 Å². The van der Waals surface area contributed by atoms with Crippen molar-refractivity contribution in [2.45, 2.75) is 19.3 Å². The number of rotatable bonds is 2. The first kappa shape index (κ1) is 9.46. The van der Waals surface area contributed by atoms with Gasteiger partial charge in [0.25, 0.3) is 0 Å². The van der Waals surface area contributed by atoms with Crippen LogP contribution in [-0.2, 0) is 4.79 Å². The quantitative estimate of drug-likeness (QED) is 0.815. The fraction of sp³-hybridized carbons (Fsp3) is 0.400. The largest absolute Gasteiger partial charge is 0.309 e. The van der Waals surface area contributed by atoms with Crippen LogP contribution in [0.3, 0.4) is 0 Å². The van der Waals surface area contributed by atoms with Gasteiger partial charge in [0.15, 0.2) is 5.82 Å². The first-order chi connectivity index (χ1) is 6.77. The summed E-state index contributed by atoms with van der Waals surface area (Å²) in [5.41, 5.74) is 0. The minimum Gasteiger partial charge on any atom is -0.309 e. The van der Waals surface area contributed by atoms with Gasteiger partial charge in [0.1, 0.15) is 0 Å². The standard InChI is InChI=1S/C10H11ClN2O/c11-8-5-2-6-12-9(8)13-10(14)7-3-1-4-7/h2,5-7H,1,3-4H2,(H,12,13,14). The second kappa shape index (κ2) is 3.96. The van der Waals surface area contributed by atoms with Gasteiger partial charge in [-0.3, -0.25) is 4.79 Å². The highest BCUT2D eigenvalue weighted by Gasteiger charge is 2.25. The second-order valence-electron chi connectivity index (χ2n) is 3.45. The highest BCUT2D eigenvalue weighted by atomic mass is 35.5. The SMILES string of the molecule is O=C(Nc1ncccc1Cl)C1CCC1. The van der Waals surface area contributed by atoms with Crippen molar-refractivity contribution in [1.82, 2.24) is 4.98 Å². The van der Waals surface area contributed by atoms with E-state index >= 15 is 0 Å². The molecule has 3 nitrogen and oxygen atoms in total. The second-order valence-corrected chi connectivity index (χ2v) is 3.86. The number of carbonyl (C=O) groups is 1. The lowest BCUT2D eigenvalue weighted by Gasteiger charge is -2.23. The zero-order valence-corrected chi connectivity index (χ0v) is 8.42. The molecule has 0 spiro atoms. The molecule has 0 bridgehead atoms. The Labute approximate surface area is 87.5 Å². The van der Waals surface area contributed by atoms with E-state index in [-0.39, 0.29) is 11.8 Å². The number of anilines is 1. The Morgan fingerprint density at radius 1 is 1.57 bits per heavy atom. The first-order valence-corrected chi connectivity index (χ1v) is 5.06. The number of nitrogens with zero attached hydrogens (tertiary/aromatic N) is 1. The average Bonchev–Trinajstić information content (AvgIpc) is 2.05. The fourth-order valence-electron chi connectivity index (χ4n) is 1.37. The van der Waals surface area contributed by atoms with Gasteiger partial charge in [0.2, 0.25) is 5.91 Å². The number of aromatic nitrogens is 1. The van der Waals surface area contributed by atoms with Crippen molar-refractivity contribution in [2.75, 3.05) is 5.32 Å². The Kier molecular flexibility index (Phi) is 2.68. The molecule has 0 aliphatic heterocycles. The van der Waals surface area contributed by atoms with E-state index in [0.29, 0.717) is 10.8 Å². The summed E-state index contributed by atoms with van der Waals surface area (Å²) in [6.45, 7) is 0. The molecule has 0 aromatic carbocycles. The summed E-state index contributed by atoms with van der Waals surface area (Å²) in [6.07, 6.45) is 4.73. The van der Waals surface area contributed by atoms with Gasteiger partial charge in [-0.15, -0.1) is 0 Å². The molecule has 2 rings (SSSR count). The molecule has 4 heteroatoms. The number of carbonyl (C=O) groups excluding carboxylic acids is 1. The van der Waals surface area contributed by atoms with Gasteiger partial charge in [-0.25, -0.2) is 4.98 Å². The molecule has 1 aromatic rings. The number of nitrogens with one attached hydrogen (secondary N) is 1. The number of hydrogen-bond donors (Lipinski definition) is 1. The highest BCUT2D eigenvalue weighted by molar-refractivity contribution is 6.33. The lowest BCUT2D eigenvalue weighted by atomic mass is 9.85. The van der Waals surface area contributed by atoms with E-state index in [0.717, 1.165) is 19.3 Å². The van der Waals surface area contributed by atoms with Gasteiger partial charge in [-0.05, 0) is 25.0 Å². The molecular weight excluding hydrogens is 200 g/mol. The maximum absolute atomic E-state index is 11.5. The van der Waals surface area contributed by atoms with Crippen LogP contribution in [-0.4, -0.2) is 10.9 Å². The molecule has 1 heterocycles. The highest BCUT2D eigenvalue weighted by Crippen LogP contribution is 2.28. The number of pyridine rings is 1. The first-order valence-electron chi connectivity index (χ1n) is 4.69. The third-order valence-electron chi connectivity index (χ3n) is 2.48. The maximum atomic E-state index is 11.5. The number of hydrogen-bond acceptors (Lipinski definition) is 2. The molecular formula is C10H11ClN2O. The Hall–Kier alpha value is -1.09. The Bertz CT molecular complexity index is 350. The molecule has 1 fully saturated rings. The molecule has 0 unspecified atom stereocenters. The number of amides is 1. The summed E-state index contributed by atoms with van der Waals surface area (Å²) >= 11 is 5.86. The van der Waals surface area contributed by atoms with Crippen molar-refractivity contribution in [1.29, 1.82) is 0 Å². The van der Waals surface area contributed by atoms with Crippen LogP contribution in [0.2, 0.25) is 5.02 Å². The van der Waals surface area contributed by atoms with E-state index in [9.17, 15) is 4.79 Å². The normalized spacial score (nSPS) is 16.1. The minimum absolute atomic E-state index is 0.0388. The van der Waals surface area contributed by atoms with Crippen LogP contribution < -0.4 is 5.32 Å². The Balaban J connectivity index is 2.03. The van der Waals surface area contributed by atoms with Crippen LogP contribution in [0.25, 0.3) is 0 Å². The predicted molar refractivity (Wildman–Crippen MR) is 55.2 cm³/mol. The third kappa shape index (κ3) is 1.87. The van der Waals surface area contributed by atoms with Crippen molar-refractivity contribution in [3.63, 3.8) is 0 Å². The lowest BCUT2D eigenvalue weighted by molar-refractivity contribution is -0.122. The van der Waals surface area contributed by atoms with Crippen molar-refractivity contribution in [3.8, 4) is 0 Å². The van der Waals surface area contributed by atoms with Crippen LogP contribution in [0.15, 0.2) is 18.3 Å². The minimum atomic E-state index is 0.0388. The lowest BCUT2D eigenvalue weighted by Crippen LogP contribution is -2.28. The van der Waals surface area contributed by atoms with Gasteiger partial charge in [-0.1, -0.05) is 18.0 Å². The monoisotopic (exact) mass is 210 g/mol. The molecule has 1 saturated carbocycles. The van der Waals surface area contributed by atoms with E-state index < -0.39 is 0 Å². The summed E-state index contributed by atoms with van der Waals surface area (Å²) in [5.74, 6) is 0.663. The van der Waals surface area contributed by atoms with Crippen LogP contribution in [0.5, 0.6) is 0 Å². The molecule has 1 aliphatic carbocycles. The van der Waals surface area contributed by atoms with E-state index in [2.05, 4.69) is 10.3 Å². The molecule has 1 amide bonds. The Morgan fingerprint density at radius 2 is 2.36 bits per heavy atom. The van der Waals surface area contributed by atoms with Crippen molar-refractivity contribution < 1.29 is 4.79 Å². The van der Waals surface area contributed by atoms with Crippen LogP contribution in [0.1, 0.15) is 19.3 Å². The third-order valence-corrected chi connectivity index (χ3v) is 2.78. The smallest absolute Gasteiger partial charge is 0.228 e. The van der Waals surface area contributed by atoms with Gasteiger partial charge in [0, 0.05) is 12.1 Å². The maximum Gasteiger partial charge on any atom is 0.228 e. The van der Waals surface area contributed by atoms with Gasteiger partial charge in [-0.2, -0.15) is 0 Å². The summed E-state index contributed by atoms with van der Waals surface area (Å²) in [6, 6.07) is 3.45. The molecule has 74 valence electrons. The van der Waals surface area contributed by atoms with E-state index in [1.807, 2.05) is 0 Å². The zero-order valence-electron chi connectivity index (χ0n) is 7.66. The summed E-state index contributed by atoms with van der Waals surface area (Å²) < 4.78 is 0. The molecule has 0 atom stereocenters. The van der Waals surface area contributed by atoms with Gasteiger partial charge < -0.3 is 5.32 Å². The fourth-order valence-corrected chi connectivity index (χ4v) is 1.54. The van der Waals surface area contributed by atoms with E-state index in [1.165, 1.54) is 0 Å². The average molecular weight is 211 g/mol. The summed E-state index contributed by atoms with van der Waals surface area (Å²) in [4.78, 5) is 15.5. The molecule has 1 N–H and O–H groups in total.